The molecule has 0 unspecified atom stereocenters. The summed E-state index contributed by atoms with van der Waals surface area (Å²) in [4.78, 5) is 22.3. The van der Waals surface area contributed by atoms with E-state index >= 15 is 0 Å². The predicted molar refractivity (Wildman–Crippen MR) is 57.2 cm³/mol. The summed E-state index contributed by atoms with van der Waals surface area (Å²) in [7, 11) is 0. The van der Waals surface area contributed by atoms with Crippen molar-refractivity contribution in [1.29, 1.82) is 0 Å². The third-order valence-electron chi connectivity index (χ3n) is 2.55. The van der Waals surface area contributed by atoms with Crippen molar-refractivity contribution in [2.75, 3.05) is 19.6 Å². The zero-order valence-corrected chi connectivity index (χ0v) is 9.64. The average Bonchev–Trinajstić information content (AvgIpc) is 2.15. The Kier molecular flexibility index (Phi) is 5.98. The van der Waals surface area contributed by atoms with E-state index in [1.807, 2.05) is 0 Å². The van der Waals surface area contributed by atoms with Gasteiger partial charge >= 0.3 is 11.9 Å². The Morgan fingerprint density at radius 1 is 1.06 bits per heavy atom. The summed E-state index contributed by atoms with van der Waals surface area (Å²) >= 11 is 0. The van der Waals surface area contributed by atoms with Crippen LogP contribution < -0.4 is 0 Å². The minimum absolute atomic E-state index is 0.0542. The van der Waals surface area contributed by atoms with Gasteiger partial charge in [0.1, 0.15) is 0 Å². The summed E-state index contributed by atoms with van der Waals surface area (Å²) in [6, 6.07) is 0. The van der Waals surface area contributed by atoms with Gasteiger partial charge in [-0.25, -0.2) is 0 Å². The molecule has 0 aliphatic heterocycles. The molecule has 0 heterocycles. The van der Waals surface area contributed by atoms with E-state index in [0.717, 1.165) is 0 Å². The van der Waals surface area contributed by atoms with Crippen molar-refractivity contribution in [3.63, 3.8) is 0 Å². The Balaban J connectivity index is 4.51. The zero-order chi connectivity index (χ0) is 12.8. The predicted octanol–water partition coefficient (Wildman–Crippen LogP) is 0.00870. The zero-order valence-electron chi connectivity index (χ0n) is 9.64. The van der Waals surface area contributed by atoms with Crippen LogP contribution in [0.3, 0.4) is 0 Å². The normalized spacial score (nSPS) is 11.8. The number of carboxylic acid groups (broad SMARTS) is 2. The highest BCUT2D eigenvalue weighted by atomic mass is 16.4. The molecule has 16 heavy (non-hydrogen) atoms. The molecule has 0 saturated heterocycles. The highest BCUT2D eigenvalue weighted by Gasteiger charge is 2.27. The van der Waals surface area contributed by atoms with E-state index in [1.165, 1.54) is 4.90 Å². The Morgan fingerprint density at radius 2 is 1.44 bits per heavy atom. The first kappa shape index (κ1) is 14.9. The number of hydrogen-bond donors (Lipinski definition) is 3. The second-order valence-electron chi connectivity index (χ2n) is 3.86. The lowest BCUT2D eigenvalue weighted by molar-refractivity contribution is -0.143. The standard InChI is InChI=1S/C10H19NO5/c1-3-10(16,4-2)7-11(5-8(12)13)6-9(14)15/h16H,3-7H2,1-2H3,(H,12,13)(H,14,15). The van der Waals surface area contributed by atoms with Gasteiger partial charge in [0.2, 0.25) is 0 Å². The maximum Gasteiger partial charge on any atom is 0.317 e. The Bertz CT molecular complexity index is 234. The minimum atomic E-state index is -1.10. The molecule has 6 nitrogen and oxygen atoms in total. The van der Waals surface area contributed by atoms with E-state index in [9.17, 15) is 14.7 Å². The largest absolute Gasteiger partial charge is 0.480 e. The van der Waals surface area contributed by atoms with E-state index in [0.29, 0.717) is 12.8 Å². The lowest BCUT2D eigenvalue weighted by Gasteiger charge is -2.31. The first-order chi connectivity index (χ1) is 7.33. The van der Waals surface area contributed by atoms with E-state index < -0.39 is 17.5 Å². The molecule has 0 aliphatic rings. The highest BCUT2D eigenvalue weighted by molar-refractivity contribution is 5.72. The van der Waals surface area contributed by atoms with Crippen LogP contribution in [0.1, 0.15) is 26.7 Å². The number of nitrogens with zero attached hydrogens (tertiary/aromatic N) is 1. The molecule has 0 aromatic heterocycles. The molecule has 3 N–H and O–H groups in total. The van der Waals surface area contributed by atoms with Crippen molar-refractivity contribution >= 4 is 11.9 Å². The summed E-state index contributed by atoms with van der Waals surface area (Å²) in [5.41, 5.74) is -1.02. The molecule has 0 rings (SSSR count). The average molecular weight is 233 g/mol. The summed E-state index contributed by atoms with van der Waals surface area (Å²) in [6.07, 6.45) is 0.915. The first-order valence-corrected chi connectivity index (χ1v) is 5.21. The fourth-order valence-corrected chi connectivity index (χ4v) is 1.44. The summed E-state index contributed by atoms with van der Waals surface area (Å²) in [6.45, 7) is 2.86. The van der Waals surface area contributed by atoms with Crippen molar-refractivity contribution in [3.05, 3.63) is 0 Å². The van der Waals surface area contributed by atoms with Gasteiger partial charge in [-0.2, -0.15) is 0 Å². The lowest BCUT2D eigenvalue weighted by atomic mass is 9.97. The highest BCUT2D eigenvalue weighted by Crippen LogP contribution is 2.16. The monoisotopic (exact) mass is 233 g/mol. The molecule has 0 aromatic carbocycles. The van der Waals surface area contributed by atoms with Crippen LogP contribution >= 0.6 is 0 Å². The number of carbonyl (C=O) groups is 2. The maximum absolute atomic E-state index is 10.5. The smallest absolute Gasteiger partial charge is 0.317 e. The van der Waals surface area contributed by atoms with Crippen molar-refractivity contribution in [3.8, 4) is 0 Å². The van der Waals surface area contributed by atoms with Crippen LogP contribution in [0.25, 0.3) is 0 Å². The van der Waals surface area contributed by atoms with Gasteiger partial charge in [-0.15, -0.1) is 0 Å². The molecule has 0 saturated carbocycles. The number of rotatable bonds is 8. The Hall–Kier alpha value is -1.14. The van der Waals surface area contributed by atoms with Gasteiger partial charge < -0.3 is 15.3 Å². The van der Waals surface area contributed by atoms with E-state index in [2.05, 4.69) is 0 Å². The minimum Gasteiger partial charge on any atom is -0.480 e. The Labute approximate surface area is 94.5 Å². The van der Waals surface area contributed by atoms with Crippen molar-refractivity contribution in [2.24, 2.45) is 0 Å². The van der Waals surface area contributed by atoms with Gasteiger partial charge in [0.15, 0.2) is 0 Å². The molecule has 0 fully saturated rings. The van der Waals surface area contributed by atoms with Crippen molar-refractivity contribution in [2.45, 2.75) is 32.3 Å². The second-order valence-corrected chi connectivity index (χ2v) is 3.86. The Morgan fingerprint density at radius 3 is 1.69 bits per heavy atom. The fraction of sp³-hybridized carbons (Fsp3) is 0.800. The quantitative estimate of drug-likeness (QED) is 0.546. The van der Waals surface area contributed by atoms with Gasteiger partial charge in [-0.3, -0.25) is 14.5 Å². The molecule has 0 amide bonds. The van der Waals surface area contributed by atoms with Gasteiger partial charge in [0.05, 0.1) is 18.7 Å². The van der Waals surface area contributed by atoms with Crippen LogP contribution in [-0.2, 0) is 9.59 Å². The van der Waals surface area contributed by atoms with E-state index in [1.54, 1.807) is 13.8 Å². The molecular formula is C10H19NO5. The summed E-state index contributed by atoms with van der Waals surface area (Å²) in [5, 5.41) is 27.2. The molecule has 6 heteroatoms. The number of aliphatic hydroxyl groups is 1. The number of aliphatic carboxylic acids is 2. The summed E-state index contributed by atoms with van der Waals surface area (Å²) < 4.78 is 0. The molecule has 0 aliphatic carbocycles. The van der Waals surface area contributed by atoms with Crippen LogP contribution in [0.5, 0.6) is 0 Å². The molecule has 94 valence electrons. The molecular weight excluding hydrogens is 214 g/mol. The van der Waals surface area contributed by atoms with Gasteiger partial charge in [0.25, 0.3) is 0 Å². The molecule has 0 atom stereocenters. The van der Waals surface area contributed by atoms with Crippen LogP contribution in [0.4, 0.5) is 0 Å². The fourth-order valence-electron chi connectivity index (χ4n) is 1.44. The molecule has 0 spiro atoms. The summed E-state index contributed by atoms with van der Waals surface area (Å²) in [5.74, 6) is -2.20. The molecule has 0 aromatic rings. The lowest BCUT2D eigenvalue weighted by Crippen LogP contribution is -2.46. The van der Waals surface area contributed by atoms with Crippen LogP contribution in [0.15, 0.2) is 0 Å². The molecule has 0 radical (unpaired) electrons. The van der Waals surface area contributed by atoms with Gasteiger partial charge in [-0.05, 0) is 12.8 Å². The second kappa shape index (κ2) is 6.44. The maximum atomic E-state index is 10.5. The van der Waals surface area contributed by atoms with E-state index in [-0.39, 0.29) is 19.6 Å². The van der Waals surface area contributed by atoms with Crippen molar-refractivity contribution in [1.82, 2.24) is 4.90 Å². The van der Waals surface area contributed by atoms with Gasteiger partial charge in [-0.1, -0.05) is 13.8 Å². The van der Waals surface area contributed by atoms with Crippen LogP contribution in [-0.4, -0.2) is 57.4 Å². The molecule has 0 bridgehead atoms. The first-order valence-electron chi connectivity index (χ1n) is 5.21. The van der Waals surface area contributed by atoms with E-state index in [4.69, 9.17) is 10.2 Å². The topological polar surface area (TPSA) is 98.1 Å². The third-order valence-corrected chi connectivity index (χ3v) is 2.55. The third kappa shape index (κ3) is 5.67. The SMILES string of the molecule is CCC(O)(CC)CN(CC(=O)O)CC(=O)O. The van der Waals surface area contributed by atoms with Crippen molar-refractivity contribution < 1.29 is 24.9 Å². The van der Waals surface area contributed by atoms with Gasteiger partial charge in [0, 0.05) is 6.54 Å². The van der Waals surface area contributed by atoms with Crippen LogP contribution in [0.2, 0.25) is 0 Å². The number of hydrogen-bond acceptors (Lipinski definition) is 4. The number of carboxylic acids is 2. The van der Waals surface area contributed by atoms with Crippen LogP contribution in [0, 0.1) is 0 Å².